The number of rotatable bonds is 6. The van der Waals surface area contributed by atoms with Gasteiger partial charge in [-0.1, -0.05) is 19.1 Å². The molecule has 0 amide bonds. The maximum absolute atomic E-state index is 5.25. The number of nitrogens with zero attached hydrogens (tertiary/aromatic N) is 2. The first-order chi connectivity index (χ1) is 10.1. The van der Waals surface area contributed by atoms with Gasteiger partial charge in [-0.3, -0.25) is 4.90 Å². The SMILES string of the molecule is CCNC(CN1CCN(C)C(C)C1)c1ccc(OC)cc1. The van der Waals surface area contributed by atoms with Gasteiger partial charge in [-0.2, -0.15) is 0 Å². The van der Waals surface area contributed by atoms with Crippen molar-refractivity contribution in [2.75, 3.05) is 46.9 Å². The summed E-state index contributed by atoms with van der Waals surface area (Å²) in [6, 6.07) is 9.46. The fraction of sp³-hybridized carbons (Fsp3) is 0.647. The molecule has 0 saturated carbocycles. The molecule has 0 radical (unpaired) electrons. The second kappa shape index (κ2) is 7.78. The minimum Gasteiger partial charge on any atom is -0.497 e. The Bertz CT molecular complexity index is 421. The highest BCUT2D eigenvalue weighted by molar-refractivity contribution is 5.29. The normalized spacial score (nSPS) is 22.2. The molecule has 1 aliphatic rings. The zero-order valence-corrected chi connectivity index (χ0v) is 13.8. The van der Waals surface area contributed by atoms with Crippen molar-refractivity contribution in [2.24, 2.45) is 0 Å². The van der Waals surface area contributed by atoms with Gasteiger partial charge in [0.25, 0.3) is 0 Å². The molecule has 21 heavy (non-hydrogen) atoms. The van der Waals surface area contributed by atoms with Gasteiger partial charge in [-0.25, -0.2) is 0 Å². The fourth-order valence-electron chi connectivity index (χ4n) is 2.92. The first-order valence-electron chi connectivity index (χ1n) is 7.94. The molecule has 2 unspecified atom stereocenters. The average Bonchev–Trinajstić information content (AvgIpc) is 2.50. The molecule has 1 N–H and O–H groups in total. The third kappa shape index (κ3) is 4.43. The van der Waals surface area contributed by atoms with Crippen LogP contribution < -0.4 is 10.1 Å². The van der Waals surface area contributed by atoms with E-state index in [-0.39, 0.29) is 0 Å². The number of nitrogens with one attached hydrogen (secondary N) is 1. The summed E-state index contributed by atoms with van der Waals surface area (Å²) in [5, 5.41) is 3.61. The summed E-state index contributed by atoms with van der Waals surface area (Å²) in [5.74, 6) is 0.919. The van der Waals surface area contributed by atoms with E-state index in [9.17, 15) is 0 Å². The van der Waals surface area contributed by atoms with E-state index in [4.69, 9.17) is 4.74 Å². The van der Waals surface area contributed by atoms with Crippen molar-refractivity contribution in [3.05, 3.63) is 29.8 Å². The summed E-state index contributed by atoms with van der Waals surface area (Å²) in [5.41, 5.74) is 1.34. The van der Waals surface area contributed by atoms with Gasteiger partial charge < -0.3 is 15.0 Å². The van der Waals surface area contributed by atoms with E-state index in [2.05, 4.69) is 48.1 Å². The van der Waals surface area contributed by atoms with E-state index in [1.54, 1.807) is 7.11 Å². The molecule has 118 valence electrons. The molecular weight excluding hydrogens is 262 g/mol. The van der Waals surface area contributed by atoms with Gasteiger partial charge in [-0.05, 0) is 38.2 Å². The molecule has 0 aromatic heterocycles. The van der Waals surface area contributed by atoms with E-state index in [0.717, 1.165) is 38.5 Å². The number of methoxy groups -OCH3 is 1. The number of hydrogen-bond donors (Lipinski definition) is 1. The highest BCUT2D eigenvalue weighted by atomic mass is 16.5. The van der Waals surface area contributed by atoms with Crippen LogP contribution in [0.15, 0.2) is 24.3 Å². The zero-order chi connectivity index (χ0) is 15.2. The number of piperazine rings is 1. The number of hydrogen-bond acceptors (Lipinski definition) is 4. The Morgan fingerprint density at radius 2 is 2.00 bits per heavy atom. The van der Waals surface area contributed by atoms with Crippen molar-refractivity contribution in [2.45, 2.75) is 25.9 Å². The lowest BCUT2D eigenvalue weighted by Gasteiger charge is -2.39. The second-order valence-electron chi connectivity index (χ2n) is 5.97. The van der Waals surface area contributed by atoms with Crippen molar-refractivity contribution < 1.29 is 4.74 Å². The quantitative estimate of drug-likeness (QED) is 0.867. The van der Waals surface area contributed by atoms with Crippen LogP contribution in [-0.2, 0) is 0 Å². The Morgan fingerprint density at radius 1 is 1.29 bits per heavy atom. The summed E-state index contributed by atoms with van der Waals surface area (Å²) in [6.45, 7) is 9.99. The van der Waals surface area contributed by atoms with Crippen LogP contribution in [0.4, 0.5) is 0 Å². The van der Waals surface area contributed by atoms with Gasteiger partial charge in [-0.15, -0.1) is 0 Å². The maximum Gasteiger partial charge on any atom is 0.118 e. The first-order valence-corrected chi connectivity index (χ1v) is 7.94. The standard InChI is InChI=1S/C17H29N3O/c1-5-18-17(15-6-8-16(21-4)9-7-15)13-20-11-10-19(3)14(2)12-20/h6-9,14,17-18H,5,10-13H2,1-4H3. The van der Waals surface area contributed by atoms with Gasteiger partial charge in [0, 0.05) is 38.3 Å². The van der Waals surface area contributed by atoms with Crippen LogP contribution in [0, 0.1) is 0 Å². The van der Waals surface area contributed by atoms with Crippen LogP contribution in [0.1, 0.15) is 25.5 Å². The van der Waals surface area contributed by atoms with Crippen molar-refractivity contribution in [3.8, 4) is 5.75 Å². The summed E-state index contributed by atoms with van der Waals surface area (Å²) in [4.78, 5) is 5.01. The average molecular weight is 291 g/mol. The summed E-state index contributed by atoms with van der Waals surface area (Å²) >= 11 is 0. The van der Waals surface area contributed by atoms with E-state index >= 15 is 0 Å². The molecule has 1 heterocycles. The fourth-order valence-corrected chi connectivity index (χ4v) is 2.92. The minimum atomic E-state index is 0.386. The van der Waals surface area contributed by atoms with Crippen LogP contribution >= 0.6 is 0 Å². The Kier molecular flexibility index (Phi) is 6.03. The molecule has 4 heteroatoms. The summed E-state index contributed by atoms with van der Waals surface area (Å²) in [6.07, 6.45) is 0. The molecule has 0 spiro atoms. The van der Waals surface area contributed by atoms with Gasteiger partial charge in [0.15, 0.2) is 0 Å². The lowest BCUT2D eigenvalue weighted by atomic mass is 10.0. The highest BCUT2D eigenvalue weighted by Gasteiger charge is 2.23. The highest BCUT2D eigenvalue weighted by Crippen LogP contribution is 2.20. The lowest BCUT2D eigenvalue weighted by molar-refractivity contribution is 0.0971. The zero-order valence-electron chi connectivity index (χ0n) is 13.8. The molecule has 1 fully saturated rings. The Morgan fingerprint density at radius 3 is 2.57 bits per heavy atom. The largest absolute Gasteiger partial charge is 0.497 e. The molecule has 1 aromatic carbocycles. The van der Waals surface area contributed by atoms with Gasteiger partial charge >= 0.3 is 0 Å². The smallest absolute Gasteiger partial charge is 0.118 e. The first kappa shape index (κ1) is 16.3. The predicted octanol–water partition coefficient (Wildman–Crippen LogP) is 1.98. The third-order valence-corrected chi connectivity index (χ3v) is 4.45. The van der Waals surface area contributed by atoms with Crippen LogP contribution in [-0.4, -0.2) is 62.7 Å². The van der Waals surface area contributed by atoms with E-state index in [0.29, 0.717) is 12.1 Å². The summed E-state index contributed by atoms with van der Waals surface area (Å²) in [7, 11) is 3.93. The van der Waals surface area contributed by atoms with Gasteiger partial charge in [0.1, 0.15) is 5.75 Å². The molecule has 2 atom stereocenters. The number of benzene rings is 1. The minimum absolute atomic E-state index is 0.386. The molecule has 0 aliphatic carbocycles. The van der Waals surface area contributed by atoms with Gasteiger partial charge in [0.2, 0.25) is 0 Å². The topological polar surface area (TPSA) is 27.7 Å². The van der Waals surface area contributed by atoms with Crippen LogP contribution in [0.25, 0.3) is 0 Å². The summed E-state index contributed by atoms with van der Waals surface area (Å²) < 4.78 is 5.25. The number of likely N-dealkylation sites (N-methyl/N-ethyl adjacent to an activating group) is 2. The monoisotopic (exact) mass is 291 g/mol. The Hall–Kier alpha value is -1.10. The Labute approximate surface area is 129 Å². The molecule has 2 rings (SSSR count). The molecule has 0 bridgehead atoms. The van der Waals surface area contributed by atoms with Crippen LogP contribution in [0.3, 0.4) is 0 Å². The van der Waals surface area contributed by atoms with Gasteiger partial charge in [0.05, 0.1) is 7.11 Å². The van der Waals surface area contributed by atoms with Crippen LogP contribution in [0.2, 0.25) is 0 Å². The molecule has 4 nitrogen and oxygen atoms in total. The van der Waals surface area contributed by atoms with E-state index in [1.165, 1.54) is 5.56 Å². The predicted molar refractivity (Wildman–Crippen MR) is 87.9 cm³/mol. The molecule has 1 aliphatic heterocycles. The Balaban J connectivity index is 2.01. The second-order valence-corrected chi connectivity index (χ2v) is 5.97. The van der Waals surface area contributed by atoms with Crippen molar-refractivity contribution in [1.29, 1.82) is 0 Å². The van der Waals surface area contributed by atoms with Crippen molar-refractivity contribution in [3.63, 3.8) is 0 Å². The maximum atomic E-state index is 5.25. The molecule has 1 aromatic rings. The van der Waals surface area contributed by atoms with Crippen molar-refractivity contribution >= 4 is 0 Å². The van der Waals surface area contributed by atoms with Crippen LogP contribution in [0.5, 0.6) is 5.75 Å². The van der Waals surface area contributed by atoms with E-state index < -0.39 is 0 Å². The third-order valence-electron chi connectivity index (χ3n) is 4.45. The lowest BCUT2D eigenvalue weighted by Crippen LogP contribution is -2.51. The molecular formula is C17H29N3O. The van der Waals surface area contributed by atoms with Crippen molar-refractivity contribution in [1.82, 2.24) is 15.1 Å². The number of ether oxygens (including phenoxy) is 1. The van der Waals surface area contributed by atoms with E-state index in [1.807, 2.05) is 12.1 Å². The molecule has 1 saturated heterocycles.